The SMILES string of the molecule is Cc1ccccc1.Cc1ccccc1-c1nc(-c2ccccc2)c(-c2ccc(-n3c4ccccc4c4ccccc43)cc2)nc1C. The van der Waals surface area contributed by atoms with Crippen molar-refractivity contribution in [2.45, 2.75) is 20.8 Å². The summed E-state index contributed by atoms with van der Waals surface area (Å²) in [6.07, 6.45) is 0. The number of hydrogen-bond acceptors (Lipinski definition) is 2. The molecule has 0 unspecified atom stereocenters. The lowest BCUT2D eigenvalue weighted by Gasteiger charge is -2.15. The summed E-state index contributed by atoms with van der Waals surface area (Å²) < 4.78 is 2.34. The number of para-hydroxylation sites is 2. The Labute approximate surface area is 270 Å². The standard InChI is InChI=1S/C36H27N3.C7H8/c1-24-12-6-7-15-29(24)34-25(2)37-35(36(38-34)26-13-4-3-5-14-26)27-20-22-28(23-21-27)39-32-18-10-8-16-30(32)31-17-9-11-19-33(31)39;1-7-5-3-2-4-6-7/h3-23H,1-2H3;2-6H,1H3. The summed E-state index contributed by atoms with van der Waals surface area (Å²) in [6.45, 7) is 6.26. The maximum atomic E-state index is 5.24. The lowest BCUT2D eigenvalue weighted by Crippen LogP contribution is -2.01. The topological polar surface area (TPSA) is 30.7 Å². The average Bonchev–Trinajstić information content (AvgIpc) is 3.44. The minimum Gasteiger partial charge on any atom is -0.309 e. The fourth-order valence-electron chi connectivity index (χ4n) is 6.11. The summed E-state index contributed by atoms with van der Waals surface area (Å²) in [7, 11) is 0. The lowest BCUT2D eigenvalue weighted by molar-refractivity contribution is 1.13. The number of aromatic nitrogens is 3. The van der Waals surface area contributed by atoms with Crippen molar-refractivity contribution in [3.63, 3.8) is 0 Å². The van der Waals surface area contributed by atoms with Crippen LogP contribution >= 0.6 is 0 Å². The number of hydrogen-bond donors (Lipinski definition) is 0. The molecule has 0 aliphatic carbocycles. The van der Waals surface area contributed by atoms with Gasteiger partial charge in [0, 0.05) is 33.2 Å². The average molecular weight is 594 g/mol. The van der Waals surface area contributed by atoms with Gasteiger partial charge in [-0.15, -0.1) is 0 Å². The summed E-state index contributed by atoms with van der Waals surface area (Å²) >= 11 is 0. The van der Waals surface area contributed by atoms with Crippen molar-refractivity contribution in [1.82, 2.24) is 14.5 Å². The molecule has 46 heavy (non-hydrogen) atoms. The van der Waals surface area contributed by atoms with E-state index in [9.17, 15) is 0 Å². The molecule has 3 nitrogen and oxygen atoms in total. The fourth-order valence-corrected chi connectivity index (χ4v) is 6.11. The van der Waals surface area contributed by atoms with E-state index in [-0.39, 0.29) is 0 Å². The quantitative estimate of drug-likeness (QED) is 0.203. The van der Waals surface area contributed by atoms with E-state index in [0.29, 0.717) is 0 Å². The number of rotatable bonds is 4. The molecular formula is C43H35N3. The molecular weight excluding hydrogens is 558 g/mol. The molecule has 8 aromatic rings. The second-order valence-corrected chi connectivity index (χ2v) is 11.6. The normalized spacial score (nSPS) is 10.9. The van der Waals surface area contributed by atoms with Gasteiger partial charge < -0.3 is 4.57 Å². The Balaban J connectivity index is 0.000000430. The van der Waals surface area contributed by atoms with Gasteiger partial charge in [0.15, 0.2) is 0 Å². The van der Waals surface area contributed by atoms with E-state index in [4.69, 9.17) is 9.97 Å². The van der Waals surface area contributed by atoms with E-state index in [1.807, 2.05) is 24.3 Å². The molecule has 0 radical (unpaired) electrons. The Morgan fingerprint density at radius 3 is 1.50 bits per heavy atom. The molecule has 0 fully saturated rings. The van der Waals surface area contributed by atoms with Gasteiger partial charge in [-0.25, -0.2) is 9.97 Å². The van der Waals surface area contributed by atoms with Crippen molar-refractivity contribution in [1.29, 1.82) is 0 Å². The maximum Gasteiger partial charge on any atom is 0.0973 e. The van der Waals surface area contributed by atoms with Crippen molar-refractivity contribution in [2.75, 3.05) is 0 Å². The van der Waals surface area contributed by atoms with Crippen LogP contribution in [0.3, 0.4) is 0 Å². The zero-order chi connectivity index (χ0) is 31.5. The first kappa shape index (κ1) is 28.9. The minimum absolute atomic E-state index is 0.893. The van der Waals surface area contributed by atoms with Crippen LogP contribution in [0.2, 0.25) is 0 Å². The lowest BCUT2D eigenvalue weighted by atomic mass is 10.00. The number of benzene rings is 6. The third-order valence-corrected chi connectivity index (χ3v) is 8.44. The number of fused-ring (bicyclic) bond motifs is 3. The molecule has 3 heteroatoms. The van der Waals surface area contributed by atoms with Crippen LogP contribution in [0.5, 0.6) is 0 Å². The van der Waals surface area contributed by atoms with Crippen LogP contribution in [-0.4, -0.2) is 14.5 Å². The first-order valence-corrected chi connectivity index (χ1v) is 15.7. The second kappa shape index (κ2) is 12.7. The Morgan fingerprint density at radius 2 is 0.913 bits per heavy atom. The van der Waals surface area contributed by atoms with E-state index in [1.165, 1.54) is 32.9 Å². The van der Waals surface area contributed by atoms with E-state index in [2.05, 4.69) is 159 Å². The zero-order valence-electron chi connectivity index (χ0n) is 26.4. The molecule has 0 aliphatic heterocycles. The van der Waals surface area contributed by atoms with Crippen LogP contribution in [0, 0.1) is 20.8 Å². The summed E-state index contributed by atoms with van der Waals surface area (Å²) in [5.41, 5.74) is 12.9. The smallest absolute Gasteiger partial charge is 0.0973 e. The van der Waals surface area contributed by atoms with Crippen molar-refractivity contribution < 1.29 is 0 Å². The molecule has 0 saturated heterocycles. The Bertz CT molecular complexity index is 2210. The summed E-state index contributed by atoms with van der Waals surface area (Å²) in [5, 5.41) is 2.52. The minimum atomic E-state index is 0.893. The van der Waals surface area contributed by atoms with Crippen LogP contribution in [0.1, 0.15) is 16.8 Å². The molecule has 0 spiro atoms. The van der Waals surface area contributed by atoms with Gasteiger partial charge in [0.1, 0.15) is 0 Å². The Morgan fingerprint density at radius 1 is 0.413 bits per heavy atom. The van der Waals surface area contributed by atoms with E-state index >= 15 is 0 Å². The molecule has 0 N–H and O–H groups in total. The highest BCUT2D eigenvalue weighted by molar-refractivity contribution is 6.09. The van der Waals surface area contributed by atoms with Crippen LogP contribution in [-0.2, 0) is 0 Å². The predicted molar refractivity (Wildman–Crippen MR) is 193 cm³/mol. The predicted octanol–water partition coefficient (Wildman–Crippen LogP) is 11.2. The van der Waals surface area contributed by atoms with Gasteiger partial charge in [-0.05, 0) is 50.6 Å². The molecule has 6 aromatic carbocycles. The summed E-state index contributed by atoms with van der Waals surface area (Å²) in [5.74, 6) is 0. The highest BCUT2D eigenvalue weighted by atomic mass is 15.0. The molecule has 0 saturated carbocycles. The van der Waals surface area contributed by atoms with E-state index in [0.717, 1.165) is 45.2 Å². The van der Waals surface area contributed by atoms with Crippen molar-refractivity contribution >= 4 is 21.8 Å². The molecule has 8 rings (SSSR count). The molecule has 222 valence electrons. The maximum absolute atomic E-state index is 5.24. The Hall–Kier alpha value is -5.80. The van der Waals surface area contributed by atoms with Crippen LogP contribution in [0.25, 0.3) is 61.3 Å². The van der Waals surface area contributed by atoms with Gasteiger partial charge in [-0.3, -0.25) is 0 Å². The van der Waals surface area contributed by atoms with Gasteiger partial charge in [0.25, 0.3) is 0 Å². The van der Waals surface area contributed by atoms with Gasteiger partial charge in [0.2, 0.25) is 0 Å². The third-order valence-electron chi connectivity index (χ3n) is 8.44. The highest BCUT2D eigenvalue weighted by Crippen LogP contribution is 2.36. The van der Waals surface area contributed by atoms with Gasteiger partial charge >= 0.3 is 0 Å². The third kappa shape index (κ3) is 5.60. The fraction of sp³-hybridized carbons (Fsp3) is 0.0698. The highest BCUT2D eigenvalue weighted by Gasteiger charge is 2.18. The van der Waals surface area contributed by atoms with Crippen molar-refractivity contribution in [3.05, 3.63) is 175 Å². The summed E-state index contributed by atoms with van der Waals surface area (Å²) in [6, 6.07) is 54.9. The first-order valence-electron chi connectivity index (χ1n) is 15.7. The molecule has 0 bridgehead atoms. The van der Waals surface area contributed by atoms with Crippen LogP contribution in [0.15, 0.2) is 158 Å². The monoisotopic (exact) mass is 593 g/mol. The van der Waals surface area contributed by atoms with Crippen molar-refractivity contribution in [3.8, 4) is 39.5 Å². The van der Waals surface area contributed by atoms with Crippen LogP contribution in [0.4, 0.5) is 0 Å². The number of aryl methyl sites for hydroxylation is 3. The summed E-state index contributed by atoms with van der Waals surface area (Å²) in [4.78, 5) is 10.4. The number of nitrogens with zero attached hydrogens (tertiary/aromatic N) is 3. The molecule has 0 atom stereocenters. The Kier molecular flexibility index (Phi) is 7.97. The van der Waals surface area contributed by atoms with E-state index < -0.39 is 0 Å². The van der Waals surface area contributed by atoms with E-state index in [1.54, 1.807) is 0 Å². The molecule has 0 aliphatic rings. The van der Waals surface area contributed by atoms with Gasteiger partial charge in [-0.1, -0.05) is 139 Å². The first-order chi connectivity index (χ1) is 22.6. The molecule has 2 aromatic heterocycles. The van der Waals surface area contributed by atoms with Crippen LogP contribution < -0.4 is 0 Å². The van der Waals surface area contributed by atoms with Gasteiger partial charge in [-0.2, -0.15) is 0 Å². The molecule has 2 heterocycles. The second-order valence-electron chi connectivity index (χ2n) is 11.6. The largest absolute Gasteiger partial charge is 0.309 e. The van der Waals surface area contributed by atoms with Crippen molar-refractivity contribution in [2.24, 2.45) is 0 Å². The van der Waals surface area contributed by atoms with Gasteiger partial charge in [0.05, 0.1) is 33.8 Å². The molecule has 0 amide bonds. The zero-order valence-corrected chi connectivity index (χ0v) is 26.4.